The van der Waals surface area contributed by atoms with Gasteiger partial charge >= 0.3 is 0 Å². The molecule has 0 N–H and O–H groups in total. The molecule has 1 aromatic carbocycles. The van der Waals surface area contributed by atoms with Gasteiger partial charge in [-0.2, -0.15) is 0 Å². The van der Waals surface area contributed by atoms with Gasteiger partial charge in [-0.3, -0.25) is 4.79 Å². The summed E-state index contributed by atoms with van der Waals surface area (Å²) in [7, 11) is 1.64. The summed E-state index contributed by atoms with van der Waals surface area (Å²) in [6.07, 6.45) is 3.31. The lowest BCUT2D eigenvalue weighted by Gasteiger charge is -2.31. The number of nitrogens with zero attached hydrogens (tertiary/aromatic N) is 1. The van der Waals surface area contributed by atoms with Crippen molar-refractivity contribution in [2.45, 2.75) is 26.2 Å². The highest BCUT2D eigenvalue weighted by atomic mass is 35.5. The second-order valence-electron chi connectivity index (χ2n) is 5.23. The minimum atomic E-state index is 0. The molecule has 1 aliphatic heterocycles. The van der Waals surface area contributed by atoms with Gasteiger partial charge in [-0.25, -0.2) is 0 Å². The predicted molar refractivity (Wildman–Crippen MR) is 84.0 cm³/mol. The van der Waals surface area contributed by atoms with E-state index in [4.69, 9.17) is 4.74 Å². The van der Waals surface area contributed by atoms with Gasteiger partial charge in [0.05, 0.1) is 7.11 Å². The minimum absolute atomic E-state index is 0. The van der Waals surface area contributed by atoms with E-state index in [0.717, 1.165) is 50.2 Å². The number of benzene rings is 1. The first-order valence-corrected chi connectivity index (χ1v) is 7.15. The van der Waals surface area contributed by atoms with E-state index in [1.54, 1.807) is 7.11 Å². The molecule has 4 heteroatoms. The second kappa shape index (κ2) is 8.28. The van der Waals surface area contributed by atoms with Gasteiger partial charge in [-0.15, -0.1) is 12.4 Å². The maximum absolute atomic E-state index is 12.5. The summed E-state index contributed by atoms with van der Waals surface area (Å²) in [5, 5.41) is 0. The number of carbonyl (C=O) groups excluding carboxylic acids is 1. The third kappa shape index (κ3) is 4.22. The zero-order chi connectivity index (χ0) is 13.7. The molecule has 112 valence electrons. The average molecular weight is 298 g/mol. The molecule has 20 heavy (non-hydrogen) atoms. The van der Waals surface area contributed by atoms with Crippen LogP contribution >= 0.6 is 12.4 Å². The molecule has 0 amide bonds. The van der Waals surface area contributed by atoms with Gasteiger partial charge in [0, 0.05) is 18.0 Å². The van der Waals surface area contributed by atoms with Crippen molar-refractivity contribution in [2.75, 3.05) is 26.7 Å². The molecule has 0 saturated carbocycles. The molecule has 3 nitrogen and oxygen atoms in total. The summed E-state index contributed by atoms with van der Waals surface area (Å²) in [6.45, 7) is 5.35. The molecular weight excluding hydrogens is 274 g/mol. The highest BCUT2D eigenvalue weighted by molar-refractivity contribution is 5.98. The fourth-order valence-electron chi connectivity index (χ4n) is 2.78. The number of ketones is 1. The van der Waals surface area contributed by atoms with E-state index in [1.807, 2.05) is 24.3 Å². The lowest BCUT2D eigenvalue weighted by molar-refractivity contribution is 0.0820. The molecule has 0 aromatic heterocycles. The molecule has 1 aliphatic rings. The molecule has 0 radical (unpaired) electrons. The van der Waals surface area contributed by atoms with Crippen molar-refractivity contribution in [3.05, 3.63) is 29.8 Å². The summed E-state index contributed by atoms with van der Waals surface area (Å²) >= 11 is 0. The number of ether oxygens (including phenoxy) is 1. The summed E-state index contributed by atoms with van der Waals surface area (Å²) in [5.41, 5.74) is 0.809. The smallest absolute Gasteiger partial charge is 0.167 e. The minimum Gasteiger partial charge on any atom is -0.497 e. The van der Waals surface area contributed by atoms with Crippen molar-refractivity contribution in [3.63, 3.8) is 0 Å². The molecule has 0 spiro atoms. The van der Waals surface area contributed by atoms with Gasteiger partial charge in [0.25, 0.3) is 0 Å². The number of hydrogen-bond donors (Lipinski definition) is 0. The van der Waals surface area contributed by atoms with E-state index >= 15 is 0 Å². The lowest BCUT2D eigenvalue weighted by Crippen LogP contribution is -2.39. The predicted octanol–water partition coefficient (Wildman–Crippen LogP) is 3.42. The van der Waals surface area contributed by atoms with Crippen molar-refractivity contribution in [3.8, 4) is 5.75 Å². The molecule has 2 rings (SSSR count). The Bertz CT molecular complexity index is 417. The number of piperidine rings is 1. The van der Waals surface area contributed by atoms with Crippen molar-refractivity contribution in [1.29, 1.82) is 0 Å². The van der Waals surface area contributed by atoms with E-state index < -0.39 is 0 Å². The van der Waals surface area contributed by atoms with Gasteiger partial charge in [0.15, 0.2) is 5.78 Å². The molecule has 1 atom stereocenters. The molecule has 0 bridgehead atoms. The summed E-state index contributed by atoms with van der Waals surface area (Å²) in [5.74, 6) is 1.24. The first-order chi connectivity index (χ1) is 9.24. The molecule has 1 heterocycles. The van der Waals surface area contributed by atoms with Crippen molar-refractivity contribution in [2.24, 2.45) is 5.92 Å². The molecule has 1 fully saturated rings. The van der Waals surface area contributed by atoms with E-state index in [1.165, 1.54) is 0 Å². The molecule has 1 aromatic rings. The van der Waals surface area contributed by atoms with Crippen LogP contribution in [0.1, 0.15) is 36.5 Å². The zero-order valence-electron chi connectivity index (χ0n) is 12.3. The highest BCUT2D eigenvalue weighted by Gasteiger charge is 2.25. The Hall–Kier alpha value is -1.06. The standard InChI is InChI=1S/C16H23NO2.ClH/c1-3-10-17-11-4-5-14(12-17)16(18)13-6-8-15(19-2)9-7-13;/h6-9,14H,3-5,10-12H2,1-2H3;1H. The van der Waals surface area contributed by atoms with Crippen molar-refractivity contribution < 1.29 is 9.53 Å². The van der Waals surface area contributed by atoms with Crippen LogP contribution in [0, 0.1) is 5.92 Å². The maximum Gasteiger partial charge on any atom is 0.167 e. The number of carbonyl (C=O) groups is 1. The van der Waals surface area contributed by atoms with Crippen LogP contribution in [0.5, 0.6) is 5.75 Å². The lowest BCUT2D eigenvalue weighted by atomic mass is 9.90. The van der Waals surface area contributed by atoms with E-state index in [2.05, 4.69) is 11.8 Å². The van der Waals surface area contributed by atoms with Crippen LogP contribution in [-0.2, 0) is 0 Å². The molecule has 1 saturated heterocycles. The summed E-state index contributed by atoms with van der Waals surface area (Å²) in [6, 6.07) is 7.47. The Morgan fingerprint density at radius 3 is 2.65 bits per heavy atom. The van der Waals surface area contributed by atoms with Crippen LogP contribution in [0.4, 0.5) is 0 Å². The Morgan fingerprint density at radius 1 is 1.35 bits per heavy atom. The molecule has 0 aliphatic carbocycles. The summed E-state index contributed by atoms with van der Waals surface area (Å²) < 4.78 is 5.12. The number of rotatable bonds is 5. The Morgan fingerprint density at radius 2 is 2.05 bits per heavy atom. The quantitative estimate of drug-likeness (QED) is 0.780. The maximum atomic E-state index is 12.5. The van der Waals surface area contributed by atoms with Gasteiger partial charge in [0.2, 0.25) is 0 Å². The number of hydrogen-bond acceptors (Lipinski definition) is 3. The van der Waals surface area contributed by atoms with Crippen LogP contribution in [0.3, 0.4) is 0 Å². The van der Waals surface area contributed by atoms with Gasteiger partial charge in [0.1, 0.15) is 5.75 Å². The Labute approximate surface area is 127 Å². The SMILES string of the molecule is CCCN1CCCC(C(=O)c2ccc(OC)cc2)C1.Cl. The van der Waals surface area contributed by atoms with Crippen LogP contribution in [0.2, 0.25) is 0 Å². The first kappa shape index (κ1) is 17.0. The van der Waals surface area contributed by atoms with Crippen LogP contribution in [-0.4, -0.2) is 37.4 Å². The monoisotopic (exact) mass is 297 g/mol. The zero-order valence-corrected chi connectivity index (χ0v) is 13.1. The Balaban J connectivity index is 0.00000200. The first-order valence-electron chi connectivity index (χ1n) is 7.15. The molecule has 1 unspecified atom stereocenters. The van der Waals surface area contributed by atoms with E-state index in [0.29, 0.717) is 0 Å². The molecular formula is C16H24ClNO2. The van der Waals surface area contributed by atoms with E-state index in [9.17, 15) is 4.79 Å². The van der Waals surface area contributed by atoms with Gasteiger partial charge in [-0.1, -0.05) is 6.92 Å². The highest BCUT2D eigenvalue weighted by Crippen LogP contribution is 2.22. The van der Waals surface area contributed by atoms with Crippen LogP contribution < -0.4 is 4.74 Å². The topological polar surface area (TPSA) is 29.5 Å². The largest absolute Gasteiger partial charge is 0.497 e. The fourth-order valence-corrected chi connectivity index (χ4v) is 2.78. The van der Waals surface area contributed by atoms with Gasteiger partial charge in [-0.05, 0) is 56.6 Å². The van der Waals surface area contributed by atoms with Crippen molar-refractivity contribution >= 4 is 18.2 Å². The number of likely N-dealkylation sites (tertiary alicyclic amines) is 1. The third-order valence-electron chi connectivity index (χ3n) is 3.79. The van der Waals surface area contributed by atoms with Gasteiger partial charge < -0.3 is 9.64 Å². The number of halogens is 1. The van der Waals surface area contributed by atoms with E-state index in [-0.39, 0.29) is 24.1 Å². The number of methoxy groups -OCH3 is 1. The summed E-state index contributed by atoms with van der Waals surface area (Å²) in [4.78, 5) is 14.9. The third-order valence-corrected chi connectivity index (χ3v) is 3.79. The fraction of sp³-hybridized carbons (Fsp3) is 0.562. The van der Waals surface area contributed by atoms with Crippen molar-refractivity contribution in [1.82, 2.24) is 4.90 Å². The normalized spacial score (nSPS) is 19.2. The Kier molecular flexibility index (Phi) is 7.03. The number of Topliss-reactive ketones (excluding diaryl/α,β-unsaturated/α-hetero) is 1. The second-order valence-corrected chi connectivity index (χ2v) is 5.23. The van der Waals surface area contributed by atoms with Crippen LogP contribution in [0.25, 0.3) is 0 Å². The average Bonchev–Trinajstić information content (AvgIpc) is 2.47. The van der Waals surface area contributed by atoms with Crippen LogP contribution in [0.15, 0.2) is 24.3 Å².